The summed E-state index contributed by atoms with van der Waals surface area (Å²) < 4.78 is 13.0. The molecule has 2 bridgehead atoms. The topological polar surface area (TPSA) is 143 Å². The van der Waals surface area contributed by atoms with Gasteiger partial charge in [-0.1, -0.05) is 24.3 Å². The van der Waals surface area contributed by atoms with Gasteiger partial charge in [0, 0.05) is 37.4 Å². The quantitative estimate of drug-likeness (QED) is 0.277. The van der Waals surface area contributed by atoms with Gasteiger partial charge in [0.2, 0.25) is 11.3 Å². The highest BCUT2D eigenvalue weighted by molar-refractivity contribution is 7.19. The molecular formula is C36H40N6O6S. The highest BCUT2D eigenvalue weighted by Gasteiger charge is 2.59. The van der Waals surface area contributed by atoms with E-state index in [1.807, 2.05) is 22.5 Å². The molecule has 2 amide bonds. The zero-order valence-electron chi connectivity index (χ0n) is 27.6. The van der Waals surface area contributed by atoms with Crippen molar-refractivity contribution in [2.45, 2.75) is 64.0 Å². The zero-order chi connectivity index (χ0) is 33.4. The van der Waals surface area contributed by atoms with Crippen LogP contribution in [0.1, 0.15) is 66.5 Å². The molecule has 1 atom stereocenters. The minimum absolute atomic E-state index is 0.0162. The molecule has 49 heavy (non-hydrogen) atoms. The number of carbonyl (C=O) groups is 2. The lowest BCUT2D eigenvalue weighted by molar-refractivity contribution is -0.124. The first kappa shape index (κ1) is 30.8. The predicted octanol–water partition coefficient (Wildman–Crippen LogP) is 4.33. The summed E-state index contributed by atoms with van der Waals surface area (Å²) in [4.78, 5) is 55.4. The van der Waals surface area contributed by atoms with Gasteiger partial charge in [-0.3, -0.25) is 14.4 Å². The molecule has 0 spiro atoms. The molecule has 4 aliphatic carbocycles. The van der Waals surface area contributed by atoms with E-state index >= 15 is 0 Å². The summed E-state index contributed by atoms with van der Waals surface area (Å²) in [5.74, 6) is 1.84. The minimum atomic E-state index is -0.345. The van der Waals surface area contributed by atoms with Crippen molar-refractivity contribution < 1.29 is 23.8 Å². The van der Waals surface area contributed by atoms with E-state index in [0.29, 0.717) is 62.5 Å². The Morgan fingerprint density at radius 2 is 1.94 bits per heavy atom. The first-order valence-corrected chi connectivity index (χ1v) is 18.4. The normalized spacial score (nSPS) is 25.1. The van der Waals surface area contributed by atoms with Crippen LogP contribution >= 0.6 is 11.3 Å². The van der Waals surface area contributed by atoms with E-state index in [2.05, 4.69) is 10.3 Å². The molecule has 256 valence electrons. The van der Waals surface area contributed by atoms with Crippen molar-refractivity contribution in [2.75, 3.05) is 44.3 Å². The number of phenols is 1. The number of nitrogens with zero attached hydrogens (tertiary/aromatic N) is 5. The number of hydrogen-bond donors (Lipinski definition) is 2. The Kier molecular flexibility index (Phi) is 7.35. The van der Waals surface area contributed by atoms with Crippen molar-refractivity contribution in [1.82, 2.24) is 24.8 Å². The van der Waals surface area contributed by atoms with E-state index in [9.17, 15) is 19.5 Å². The second-order valence-corrected chi connectivity index (χ2v) is 15.4. The zero-order valence-corrected chi connectivity index (χ0v) is 28.4. The highest BCUT2D eigenvalue weighted by atomic mass is 32.1. The fourth-order valence-corrected chi connectivity index (χ4v) is 10.2. The van der Waals surface area contributed by atoms with Gasteiger partial charge in [0.15, 0.2) is 12.0 Å². The molecule has 5 fully saturated rings. The molecule has 1 aromatic carbocycles. The number of phenolic OH excluding ortho intramolecular Hbond substituents is 1. The van der Waals surface area contributed by atoms with Crippen LogP contribution in [0, 0.1) is 17.8 Å². The van der Waals surface area contributed by atoms with Crippen molar-refractivity contribution in [3.63, 3.8) is 0 Å². The Morgan fingerprint density at radius 1 is 1.12 bits per heavy atom. The molecule has 3 aromatic heterocycles. The molecule has 5 heterocycles. The van der Waals surface area contributed by atoms with Crippen LogP contribution in [0.4, 0.5) is 5.69 Å². The highest BCUT2D eigenvalue weighted by Crippen LogP contribution is 2.62. The van der Waals surface area contributed by atoms with Crippen LogP contribution in [-0.4, -0.2) is 81.3 Å². The largest absolute Gasteiger partial charge is 0.507 e. The molecule has 10 rings (SSSR count). The van der Waals surface area contributed by atoms with E-state index in [-0.39, 0.29) is 46.2 Å². The molecule has 4 saturated carbocycles. The van der Waals surface area contributed by atoms with Crippen LogP contribution < -0.4 is 15.6 Å². The number of benzene rings is 1. The lowest BCUT2D eigenvalue weighted by Crippen LogP contribution is -2.53. The number of aromatic hydroxyl groups is 1. The second-order valence-electron chi connectivity index (χ2n) is 14.4. The molecule has 1 unspecified atom stereocenters. The summed E-state index contributed by atoms with van der Waals surface area (Å²) in [6, 6.07) is 3.07. The standard InChI is InChI=1S/C36H40N6O6S/c1-2-25-30(40-9-11-41(12-10-40)34(46)28-26(43)6-5-24-32(28)48-19-37-24)31(45)29-35(49-33(38-29)21-7-13-47-14-8-21)42(25)18-27(44)39-36-15-22(16-36)23(17-36)20-3-4-20/h5-7,19-20,22-23,43H,2-4,8-18H2,1H3,(H,39,44). The summed E-state index contributed by atoms with van der Waals surface area (Å²) in [5, 5.41) is 14.8. The van der Waals surface area contributed by atoms with E-state index in [1.54, 1.807) is 11.0 Å². The van der Waals surface area contributed by atoms with Crippen LogP contribution in [0.5, 0.6) is 5.75 Å². The monoisotopic (exact) mass is 684 g/mol. The lowest BCUT2D eigenvalue weighted by Gasteiger charge is -2.39. The number of oxazole rings is 1. The fraction of sp³-hybridized carbons (Fsp3) is 0.528. The fourth-order valence-electron chi connectivity index (χ4n) is 9.00. The van der Waals surface area contributed by atoms with E-state index in [1.165, 1.54) is 36.6 Å². The molecule has 4 aromatic rings. The van der Waals surface area contributed by atoms with Gasteiger partial charge in [-0.25, -0.2) is 9.97 Å². The first-order valence-electron chi connectivity index (χ1n) is 17.6. The number of pyridine rings is 1. The molecule has 2 N–H and O–H groups in total. The van der Waals surface area contributed by atoms with Gasteiger partial charge in [-0.15, -0.1) is 0 Å². The molecule has 1 saturated heterocycles. The summed E-state index contributed by atoms with van der Waals surface area (Å²) in [5.41, 5.74) is 3.41. The molecule has 13 heteroatoms. The van der Waals surface area contributed by atoms with Gasteiger partial charge < -0.3 is 33.9 Å². The van der Waals surface area contributed by atoms with Gasteiger partial charge in [0.05, 0.1) is 13.2 Å². The van der Waals surface area contributed by atoms with Crippen molar-refractivity contribution >= 4 is 55.9 Å². The predicted molar refractivity (Wildman–Crippen MR) is 185 cm³/mol. The Hall–Kier alpha value is -4.23. The minimum Gasteiger partial charge on any atom is -0.507 e. The van der Waals surface area contributed by atoms with Crippen LogP contribution in [-0.2, 0) is 22.5 Å². The van der Waals surface area contributed by atoms with Gasteiger partial charge >= 0.3 is 0 Å². The number of thiazole rings is 1. The third kappa shape index (κ3) is 5.15. The average molecular weight is 685 g/mol. The Labute approximate surface area is 286 Å². The van der Waals surface area contributed by atoms with E-state index in [4.69, 9.17) is 14.1 Å². The van der Waals surface area contributed by atoms with E-state index in [0.717, 1.165) is 64.5 Å². The van der Waals surface area contributed by atoms with Gasteiger partial charge in [0.1, 0.15) is 44.4 Å². The van der Waals surface area contributed by atoms with Crippen LogP contribution in [0.15, 0.2) is 33.8 Å². The smallest absolute Gasteiger partial charge is 0.261 e. The van der Waals surface area contributed by atoms with Gasteiger partial charge in [-0.05, 0) is 80.4 Å². The third-order valence-corrected chi connectivity index (χ3v) is 12.7. The molecule has 6 aliphatic rings. The number of ether oxygens (including phenoxy) is 1. The van der Waals surface area contributed by atoms with Crippen LogP contribution in [0.3, 0.4) is 0 Å². The molecule has 2 aliphatic heterocycles. The first-order chi connectivity index (χ1) is 23.8. The van der Waals surface area contributed by atoms with E-state index < -0.39 is 0 Å². The molecule has 0 radical (unpaired) electrons. The molecule has 12 nitrogen and oxygen atoms in total. The number of nitrogens with one attached hydrogen (secondary N) is 1. The summed E-state index contributed by atoms with van der Waals surface area (Å²) in [6.45, 7) is 4.76. The summed E-state index contributed by atoms with van der Waals surface area (Å²) in [7, 11) is 0. The Morgan fingerprint density at radius 3 is 2.67 bits per heavy atom. The lowest BCUT2D eigenvalue weighted by atomic mass is 9.75. The van der Waals surface area contributed by atoms with Crippen molar-refractivity contribution in [3.8, 4) is 5.75 Å². The summed E-state index contributed by atoms with van der Waals surface area (Å²) >= 11 is 1.48. The number of carbonyl (C=O) groups excluding carboxylic acids is 2. The van der Waals surface area contributed by atoms with Gasteiger partial charge in [-0.2, -0.15) is 0 Å². The number of anilines is 1. The Bertz CT molecular complexity index is 2080. The van der Waals surface area contributed by atoms with Crippen LogP contribution in [0.2, 0.25) is 0 Å². The number of amides is 2. The Balaban J connectivity index is 1.03. The maximum Gasteiger partial charge on any atom is 0.261 e. The van der Waals surface area contributed by atoms with Gasteiger partial charge in [0.25, 0.3) is 5.91 Å². The summed E-state index contributed by atoms with van der Waals surface area (Å²) in [6.07, 6.45) is 10.5. The van der Waals surface area contributed by atoms with Crippen LogP contribution in [0.25, 0.3) is 27.0 Å². The second kappa shape index (κ2) is 11.7. The number of fused-ring (bicyclic) bond motifs is 3. The number of piperazine rings is 1. The number of rotatable bonds is 8. The average Bonchev–Trinajstić information content (AvgIpc) is 3.39. The van der Waals surface area contributed by atoms with Crippen molar-refractivity contribution in [2.24, 2.45) is 17.8 Å². The third-order valence-electron chi connectivity index (χ3n) is 11.5. The number of hydrogen-bond acceptors (Lipinski definition) is 10. The van der Waals surface area contributed by atoms with Crippen molar-refractivity contribution in [1.29, 1.82) is 0 Å². The SMILES string of the molecule is CCc1c(N2CCN(C(=O)c3c(O)ccc4ncoc34)CC2)c(=O)c2nc(C3=CCOCC3)sc2n1CC(=O)NC12CC(C1)C(C1CC1)C2. The van der Waals surface area contributed by atoms with Crippen molar-refractivity contribution in [3.05, 3.63) is 51.1 Å². The maximum absolute atomic E-state index is 14.4. The number of aromatic nitrogens is 3. The molecular weight excluding hydrogens is 644 g/mol. The maximum atomic E-state index is 14.4.